The van der Waals surface area contributed by atoms with Crippen molar-refractivity contribution in [1.29, 1.82) is 0 Å². The van der Waals surface area contributed by atoms with Gasteiger partial charge >= 0.3 is 0 Å². The average Bonchev–Trinajstić information content (AvgIpc) is 3.24. The van der Waals surface area contributed by atoms with Gasteiger partial charge in [-0.3, -0.25) is 0 Å². The Morgan fingerprint density at radius 1 is 1.36 bits per heavy atom. The predicted molar refractivity (Wildman–Crippen MR) is 95.5 cm³/mol. The molecule has 0 spiro atoms. The highest BCUT2D eigenvalue weighted by Gasteiger charge is 2.25. The molecule has 1 atom stereocenters. The van der Waals surface area contributed by atoms with Gasteiger partial charge in [-0.05, 0) is 19.8 Å². The van der Waals surface area contributed by atoms with Crippen LogP contribution in [0, 0.1) is 6.92 Å². The van der Waals surface area contributed by atoms with Gasteiger partial charge in [0.2, 0.25) is 0 Å². The second-order valence-electron chi connectivity index (χ2n) is 6.88. The number of aliphatic imine (C=N–C) groups is 1. The molecule has 0 radical (unpaired) electrons. The molecule has 25 heavy (non-hydrogen) atoms. The van der Waals surface area contributed by atoms with Crippen molar-refractivity contribution in [2.45, 2.75) is 51.3 Å². The lowest BCUT2D eigenvalue weighted by atomic mass is 10.2. The van der Waals surface area contributed by atoms with Crippen molar-refractivity contribution in [3.63, 3.8) is 0 Å². The Morgan fingerprint density at radius 3 is 2.84 bits per heavy atom. The molecule has 1 saturated carbocycles. The molecule has 1 saturated heterocycles. The molecule has 2 fully saturated rings. The first-order chi connectivity index (χ1) is 12.2. The van der Waals surface area contributed by atoms with Crippen LogP contribution < -0.4 is 5.32 Å². The summed E-state index contributed by atoms with van der Waals surface area (Å²) in [7, 11) is 3.69. The smallest absolute Gasteiger partial charge is 0.194 e. The van der Waals surface area contributed by atoms with Crippen LogP contribution >= 0.6 is 0 Å². The minimum atomic E-state index is 0.0893. The molecule has 8 nitrogen and oxygen atoms in total. The highest BCUT2D eigenvalue weighted by atomic mass is 16.5. The Hall–Kier alpha value is -1.67. The van der Waals surface area contributed by atoms with E-state index in [0.29, 0.717) is 25.8 Å². The third-order valence-corrected chi connectivity index (χ3v) is 5.03. The zero-order chi connectivity index (χ0) is 17.6. The zero-order valence-electron chi connectivity index (χ0n) is 15.6. The molecule has 1 unspecified atom stereocenters. The Balaban J connectivity index is 1.71. The molecule has 1 aromatic heterocycles. The molecule has 2 heterocycles. The van der Waals surface area contributed by atoms with Crippen LogP contribution in [0.15, 0.2) is 4.99 Å². The van der Waals surface area contributed by atoms with Crippen molar-refractivity contribution in [3.05, 3.63) is 11.6 Å². The third kappa shape index (κ3) is 4.70. The molecule has 3 rings (SSSR count). The number of morpholine rings is 1. The van der Waals surface area contributed by atoms with Gasteiger partial charge in [0.15, 0.2) is 11.8 Å². The van der Waals surface area contributed by atoms with Crippen LogP contribution in [-0.4, -0.2) is 71.2 Å². The molecular formula is C17H30N6O2. The van der Waals surface area contributed by atoms with E-state index in [1.54, 1.807) is 7.11 Å². The fourth-order valence-electron chi connectivity index (χ4n) is 3.42. The summed E-state index contributed by atoms with van der Waals surface area (Å²) in [6.45, 7) is 5.42. The molecule has 1 aliphatic heterocycles. The van der Waals surface area contributed by atoms with Gasteiger partial charge in [-0.25, -0.2) is 4.99 Å². The maximum absolute atomic E-state index is 5.78. The third-order valence-electron chi connectivity index (χ3n) is 5.03. The van der Waals surface area contributed by atoms with Crippen LogP contribution in [0.4, 0.5) is 0 Å². The van der Waals surface area contributed by atoms with Gasteiger partial charge in [-0.2, -0.15) is 0 Å². The summed E-state index contributed by atoms with van der Waals surface area (Å²) in [5, 5.41) is 12.0. The van der Waals surface area contributed by atoms with Crippen molar-refractivity contribution in [2.24, 2.45) is 12.0 Å². The van der Waals surface area contributed by atoms with E-state index in [4.69, 9.17) is 14.5 Å². The number of guanidine groups is 1. The van der Waals surface area contributed by atoms with Gasteiger partial charge in [0.1, 0.15) is 12.4 Å². The number of hydrogen-bond acceptors (Lipinski definition) is 5. The molecule has 0 aromatic carbocycles. The molecular weight excluding hydrogens is 320 g/mol. The van der Waals surface area contributed by atoms with Crippen molar-refractivity contribution < 1.29 is 9.47 Å². The van der Waals surface area contributed by atoms with E-state index in [-0.39, 0.29) is 6.10 Å². The van der Waals surface area contributed by atoms with E-state index < -0.39 is 0 Å². The normalized spacial score (nSPS) is 22.6. The molecule has 1 aliphatic carbocycles. The number of nitrogens with zero attached hydrogens (tertiary/aromatic N) is 5. The highest BCUT2D eigenvalue weighted by Crippen LogP contribution is 2.18. The van der Waals surface area contributed by atoms with E-state index >= 15 is 0 Å². The summed E-state index contributed by atoms with van der Waals surface area (Å²) in [6, 6.07) is 0.517. The lowest BCUT2D eigenvalue weighted by Gasteiger charge is -2.35. The Labute approximate surface area is 149 Å². The number of hydrogen-bond donors (Lipinski definition) is 1. The number of aromatic nitrogens is 3. The van der Waals surface area contributed by atoms with E-state index in [0.717, 1.165) is 30.7 Å². The molecule has 2 aliphatic rings. The van der Waals surface area contributed by atoms with Crippen molar-refractivity contribution in [2.75, 3.05) is 33.4 Å². The fraction of sp³-hybridized carbons (Fsp3) is 0.824. The summed E-state index contributed by atoms with van der Waals surface area (Å²) in [4.78, 5) is 7.15. The molecule has 1 aromatic rings. The Kier molecular flexibility index (Phi) is 6.25. The fourth-order valence-corrected chi connectivity index (χ4v) is 3.42. The number of rotatable bonds is 5. The van der Waals surface area contributed by atoms with Crippen molar-refractivity contribution >= 4 is 5.96 Å². The second kappa shape index (κ2) is 8.62. The lowest BCUT2D eigenvalue weighted by molar-refractivity contribution is -0.0448. The molecule has 8 heteroatoms. The first-order valence-electron chi connectivity index (χ1n) is 9.18. The standard InChI is InChI=1S/C17H30N6O2/c1-13-20-21-16(22(13)2)10-18-17(19-14-6-4-5-7-14)23-8-9-25-15(11-23)12-24-3/h14-15H,4-12H2,1-3H3,(H,18,19). The van der Waals surface area contributed by atoms with E-state index in [2.05, 4.69) is 20.4 Å². The largest absolute Gasteiger partial charge is 0.382 e. The van der Waals surface area contributed by atoms with Crippen LogP contribution in [0.2, 0.25) is 0 Å². The van der Waals surface area contributed by atoms with Crippen molar-refractivity contribution in [3.8, 4) is 0 Å². The summed E-state index contributed by atoms with van der Waals surface area (Å²) >= 11 is 0. The maximum Gasteiger partial charge on any atom is 0.194 e. The Bertz CT molecular complexity index is 580. The second-order valence-corrected chi connectivity index (χ2v) is 6.88. The predicted octanol–water partition coefficient (Wildman–Crippen LogP) is 0.859. The minimum absolute atomic E-state index is 0.0893. The molecule has 0 bridgehead atoms. The van der Waals surface area contributed by atoms with Crippen LogP contribution in [0.25, 0.3) is 0 Å². The summed E-state index contributed by atoms with van der Waals surface area (Å²) in [5.74, 6) is 2.74. The zero-order valence-corrected chi connectivity index (χ0v) is 15.6. The topological polar surface area (TPSA) is 76.8 Å². The summed E-state index contributed by atoms with van der Waals surface area (Å²) in [5.41, 5.74) is 0. The maximum atomic E-state index is 5.78. The lowest BCUT2D eigenvalue weighted by Crippen LogP contribution is -2.53. The van der Waals surface area contributed by atoms with Crippen LogP contribution in [0.3, 0.4) is 0 Å². The van der Waals surface area contributed by atoms with E-state index in [1.807, 2.05) is 18.5 Å². The van der Waals surface area contributed by atoms with Gasteiger partial charge in [-0.15, -0.1) is 10.2 Å². The SMILES string of the molecule is COCC1CN(C(=NCc2nnc(C)n2C)NC2CCCC2)CCO1. The summed E-state index contributed by atoms with van der Waals surface area (Å²) in [6.07, 6.45) is 5.11. The van der Waals surface area contributed by atoms with Crippen LogP contribution in [0.5, 0.6) is 0 Å². The van der Waals surface area contributed by atoms with Gasteiger partial charge in [0, 0.05) is 33.3 Å². The minimum Gasteiger partial charge on any atom is -0.382 e. The number of aryl methyl sites for hydroxylation is 1. The van der Waals surface area contributed by atoms with E-state index in [1.165, 1.54) is 25.7 Å². The number of ether oxygens (including phenoxy) is 2. The Morgan fingerprint density at radius 2 is 2.16 bits per heavy atom. The van der Waals surface area contributed by atoms with E-state index in [9.17, 15) is 0 Å². The van der Waals surface area contributed by atoms with Crippen molar-refractivity contribution in [1.82, 2.24) is 25.0 Å². The highest BCUT2D eigenvalue weighted by molar-refractivity contribution is 5.80. The van der Waals surface area contributed by atoms with Gasteiger partial charge in [0.25, 0.3) is 0 Å². The molecule has 1 N–H and O–H groups in total. The van der Waals surface area contributed by atoms with Crippen LogP contribution in [-0.2, 0) is 23.1 Å². The quantitative estimate of drug-likeness (QED) is 0.627. The number of nitrogens with one attached hydrogen (secondary N) is 1. The van der Waals surface area contributed by atoms with Gasteiger partial charge in [0.05, 0.1) is 19.3 Å². The van der Waals surface area contributed by atoms with Crippen LogP contribution in [0.1, 0.15) is 37.3 Å². The number of methoxy groups -OCH3 is 1. The van der Waals surface area contributed by atoms with Gasteiger partial charge in [-0.1, -0.05) is 12.8 Å². The molecule has 0 amide bonds. The monoisotopic (exact) mass is 350 g/mol. The average molecular weight is 350 g/mol. The molecule has 140 valence electrons. The first kappa shape index (κ1) is 18.1. The first-order valence-corrected chi connectivity index (χ1v) is 9.18. The summed E-state index contributed by atoms with van der Waals surface area (Å²) < 4.78 is 13.0. The van der Waals surface area contributed by atoms with Gasteiger partial charge < -0.3 is 24.3 Å².